The van der Waals surface area contributed by atoms with Crippen LogP contribution in [-0.4, -0.2) is 17.6 Å². The lowest BCUT2D eigenvalue weighted by Gasteiger charge is -2.02. The minimum Gasteiger partial charge on any atom is -0.461 e. The van der Waals surface area contributed by atoms with Crippen molar-refractivity contribution in [2.75, 3.05) is 12.3 Å². The Bertz CT molecular complexity index is 583. The van der Waals surface area contributed by atoms with Crippen molar-refractivity contribution in [3.05, 3.63) is 34.4 Å². The van der Waals surface area contributed by atoms with E-state index in [4.69, 9.17) is 10.5 Å². The molecule has 2 aromatic rings. The molecule has 0 spiro atoms. The van der Waals surface area contributed by atoms with Crippen LogP contribution >= 0.6 is 27.3 Å². The Labute approximate surface area is 117 Å². The SMILES string of the molecule is CCOC(=O)c1nc(N)sc1-c1cccc(Br)c1. The van der Waals surface area contributed by atoms with Gasteiger partial charge in [-0.2, -0.15) is 0 Å². The third-order valence-corrected chi connectivity index (χ3v) is 3.63. The first-order chi connectivity index (χ1) is 8.61. The van der Waals surface area contributed by atoms with Gasteiger partial charge in [-0.15, -0.1) is 0 Å². The van der Waals surface area contributed by atoms with Crippen LogP contribution in [0.4, 0.5) is 5.13 Å². The monoisotopic (exact) mass is 326 g/mol. The third-order valence-electron chi connectivity index (χ3n) is 2.20. The van der Waals surface area contributed by atoms with Crippen LogP contribution < -0.4 is 5.73 Å². The molecule has 0 radical (unpaired) electrons. The Morgan fingerprint density at radius 3 is 3.00 bits per heavy atom. The molecule has 0 atom stereocenters. The average molecular weight is 327 g/mol. The summed E-state index contributed by atoms with van der Waals surface area (Å²) in [6.07, 6.45) is 0. The summed E-state index contributed by atoms with van der Waals surface area (Å²) in [6.45, 7) is 2.07. The van der Waals surface area contributed by atoms with Crippen LogP contribution in [0.1, 0.15) is 17.4 Å². The number of benzene rings is 1. The number of nitrogens with zero attached hydrogens (tertiary/aromatic N) is 1. The molecule has 0 saturated carbocycles. The normalized spacial score (nSPS) is 10.3. The van der Waals surface area contributed by atoms with Crippen molar-refractivity contribution in [3.8, 4) is 10.4 Å². The summed E-state index contributed by atoms with van der Waals surface area (Å²) in [5, 5.41) is 0.355. The van der Waals surface area contributed by atoms with Crippen LogP contribution in [0.25, 0.3) is 10.4 Å². The van der Waals surface area contributed by atoms with Crippen molar-refractivity contribution < 1.29 is 9.53 Å². The summed E-state index contributed by atoms with van der Waals surface area (Å²) < 4.78 is 5.90. The van der Waals surface area contributed by atoms with Gasteiger partial charge >= 0.3 is 5.97 Å². The van der Waals surface area contributed by atoms with E-state index in [1.54, 1.807) is 6.92 Å². The molecule has 18 heavy (non-hydrogen) atoms. The van der Waals surface area contributed by atoms with Crippen molar-refractivity contribution in [2.45, 2.75) is 6.92 Å². The van der Waals surface area contributed by atoms with Crippen molar-refractivity contribution >= 4 is 38.4 Å². The van der Waals surface area contributed by atoms with E-state index in [9.17, 15) is 4.79 Å². The van der Waals surface area contributed by atoms with E-state index in [2.05, 4.69) is 20.9 Å². The molecule has 0 unspecified atom stereocenters. The Balaban J connectivity index is 2.47. The van der Waals surface area contributed by atoms with Crippen molar-refractivity contribution in [2.24, 2.45) is 0 Å². The molecule has 0 amide bonds. The average Bonchev–Trinajstić information content (AvgIpc) is 2.72. The molecule has 2 N–H and O–H groups in total. The molecule has 0 aliphatic carbocycles. The van der Waals surface area contributed by atoms with Gasteiger partial charge in [0, 0.05) is 4.47 Å². The Kier molecular flexibility index (Phi) is 3.98. The highest BCUT2D eigenvalue weighted by Crippen LogP contribution is 2.33. The first kappa shape index (κ1) is 13.0. The van der Waals surface area contributed by atoms with Crippen LogP contribution in [-0.2, 0) is 4.74 Å². The standard InChI is InChI=1S/C12H11BrN2O2S/c1-2-17-11(16)9-10(18-12(14)15-9)7-4-3-5-8(13)6-7/h3-6H,2H2,1H3,(H2,14,15). The Morgan fingerprint density at radius 1 is 1.56 bits per heavy atom. The smallest absolute Gasteiger partial charge is 0.358 e. The Hall–Kier alpha value is -1.40. The van der Waals surface area contributed by atoms with Crippen LogP contribution in [0, 0.1) is 0 Å². The van der Waals surface area contributed by atoms with Gasteiger partial charge in [0.1, 0.15) is 0 Å². The number of nitrogen functional groups attached to an aromatic ring is 1. The van der Waals surface area contributed by atoms with E-state index in [-0.39, 0.29) is 5.69 Å². The highest BCUT2D eigenvalue weighted by molar-refractivity contribution is 9.10. The number of anilines is 1. The molecule has 1 aromatic heterocycles. The molecule has 1 heterocycles. The van der Waals surface area contributed by atoms with Gasteiger partial charge in [0.25, 0.3) is 0 Å². The minimum absolute atomic E-state index is 0.275. The van der Waals surface area contributed by atoms with Gasteiger partial charge in [0.05, 0.1) is 11.5 Å². The highest BCUT2D eigenvalue weighted by atomic mass is 79.9. The van der Waals surface area contributed by atoms with Crippen molar-refractivity contribution in [3.63, 3.8) is 0 Å². The van der Waals surface area contributed by atoms with Gasteiger partial charge in [-0.3, -0.25) is 0 Å². The van der Waals surface area contributed by atoms with Gasteiger partial charge in [-0.05, 0) is 24.6 Å². The summed E-state index contributed by atoms with van der Waals surface area (Å²) in [5.41, 5.74) is 6.84. The number of nitrogens with two attached hydrogens (primary N) is 1. The summed E-state index contributed by atoms with van der Waals surface area (Å²) >= 11 is 4.67. The zero-order valence-electron chi connectivity index (χ0n) is 9.64. The second kappa shape index (κ2) is 5.49. The summed E-state index contributed by atoms with van der Waals surface area (Å²) in [6, 6.07) is 7.62. The number of carbonyl (C=O) groups excluding carboxylic acids is 1. The topological polar surface area (TPSA) is 65.2 Å². The van der Waals surface area contributed by atoms with E-state index >= 15 is 0 Å². The van der Waals surface area contributed by atoms with E-state index in [0.29, 0.717) is 11.7 Å². The zero-order chi connectivity index (χ0) is 13.1. The molecular formula is C12H11BrN2O2S. The molecule has 0 bridgehead atoms. The maximum atomic E-state index is 11.8. The molecule has 0 saturated heterocycles. The number of hydrogen-bond acceptors (Lipinski definition) is 5. The number of ether oxygens (including phenoxy) is 1. The number of hydrogen-bond donors (Lipinski definition) is 1. The summed E-state index contributed by atoms with van der Waals surface area (Å²) in [4.78, 5) is 16.6. The zero-order valence-corrected chi connectivity index (χ0v) is 12.0. The van der Waals surface area contributed by atoms with E-state index < -0.39 is 5.97 Å². The molecule has 0 fully saturated rings. The first-order valence-electron chi connectivity index (χ1n) is 5.31. The van der Waals surface area contributed by atoms with Crippen LogP contribution in [0.5, 0.6) is 0 Å². The molecule has 0 aliphatic rings. The van der Waals surface area contributed by atoms with Gasteiger partial charge in [0.15, 0.2) is 10.8 Å². The second-order valence-corrected chi connectivity index (χ2v) is 5.41. The third kappa shape index (κ3) is 2.70. The molecule has 6 heteroatoms. The maximum absolute atomic E-state index is 11.8. The van der Waals surface area contributed by atoms with Crippen molar-refractivity contribution in [1.29, 1.82) is 0 Å². The predicted molar refractivity (Wildman–Crippen MR) is 75.6 cm³/mol. The molecule has 1 aromatic carbocycles. The second-order valence-electron chi connectivity index (χ2n) is 3.46. The fraction of sp³-hybridized carbons (Fsp3) is 0.167. The van der Waals surface area contributed by atoms with E-state index in [1.165, 1.54) is 11.3 Å². The highest BCUT2D eigenvalue weighted by Gasteiger charge is 2.19. The van der Waals surface area contributed by atoms with E-state index in [1.807, 2.05) is 24.3 Å². The van der Waals surface area contributed by atoms with Crippen molar-refractivity contribution in [1.82, 2.24) is 4.98 Å². The van der Waals surface area contributed by atoms with Gasteiger partial charge in [-0.1, -0.05) is 39.4 Å². The largest absolute Gasteiger partial charge is 0.461 e. The number of rotatable bonds is 3. The minimum atomic E-state index is -0.444. The van der Waals surface area contributed by atoms with Gasteiger partial charge in [0.2, 0.25) is 0 Å². The predicted octanol–water partition coefficient (Wildman–Crippen LogP) is 3.33. The molecular weight excluding hydrogens is 316 g/mol. The first-order valence-corrected chi connectivity index (χ1v) is 6.92. The number of thiazole rings is 1. The number of esters is 1. The fourth-order valence-corrected chi connectivity index (χ4v) is 2.72. The lowest BCUT2D eigenvalue weighted by Crippen LogP contribution is -2.06. The van der Waals surface area contributed by atoms with Crippen LogP contribution in [0.3, 0.4) is 0 Å². The molecule has 0 aliphatic heterocycles. The molecule has 4 nitrogen and oxygen atoms in total. The number of carbonyl (C=O) groups is 1. The van der Waals surface area contributed by atoms with Crippen LogP contribution in [0.15, 0.2) is 28.7 Å². The van der Waals surface area contributed by atoms with Gasteiger partial charge in [-0.25, -0.2) is 9.78 Å². The fourth-order valence-electron chi connectivity index (χ4n) is 1.50. The van der Waals surface area contributed by atoms with E-state index in [0.717, 1.165) is 14.9 Å². The number of aromatic nitrogens is 1. The molecule has 2 rings (SSSR count). The maximum Gasteiger partial charge on any atom is 0.358 e. The quantitative estimate of drug-likeness (QED) is 0.878. The number of halogens is 1. The lowest BCUT2D eigenvalue weighted by atomic mass is 10.1. The van der Waals surface area contributed by atoms with Gasteiger partial charge < -0.3 is 10.5 Å². The summed E-state index contributed by atoms with van der Waals surface area (Å²) in [5.74, 6) is -0.444. The Morgan fingerprint density at radius 2 is 2.33 bits per heavy atom. The lowest BCUT2D eigenvalue weighted by molar-refractivity contribution is 0.0521. The van der Waals surface area contributed by atoms with Crippen LogP contribution in [0.2, 0.25) is 0 Å². The molecule has 94 valence electrons. The summed E-state index contributed by atoms with van der Waals surface area (Å²) in [7, 11) is 0.